The lowest BCUT2D eigenvalue weighted by molar-refractivity contribution is -0.199. The average molecular weight is 268 g/mol. The van der Waals surface area contributed by atoms with Gasteiger partial charge in [-0.05, 0) is 24.3 Å². The molecule has 2 nitrogen and oxygen atoms in total. The molecule has 1 aromatic rings. The van der Waals surface area contributed by atoms with Gasteiger partial charge in [0.1, 0.15) is 12.4 Å². The molecule has 0 heterocycles. The van der Waals surface area contributed by atoms with Gasteiger partial charge in [-0.3, -0.25) is 0 Å². The van der Waals surface area contributed by atoms with Gasteiger partial charge in [-0.15, -0.1) is 11.8 Å². The highest BCUT2D eigenvalue weighted by Crippen LogP contribution is 2.19. The van der Waals surface area contributed by atoms with Crippen LogP contribution in [-0.2, 0) is 9.53 Å². The Kier molecular flexibility index (Phi) is 4.80. The van der Waals surface area contributed by atoms with Crippen molar-refractivity contribution in [2.45, 2.75) is 11.1 Å². The van der Waals surface area contributed by atoms with E-state index >= 15 is 0 Å². The Hall–Kier alpha value is -1.24. The Bertz CT molecular complexity index is 375. The lowest BCUT2D eigenvalue weighted by Crippen LogP contribution is -2.26. The quantitative estimate of drug-likeness (QED) is 0.363. The second-order valence-corrected chi connectivity index (χ2v) is 4.10. The third-order valence-electron chi connectivity index (χ3n) is 1.63. The molecule has 0 aromatic heterocycles. The first-order valence-corrected chi connectivity index (χ1v) is 5.50. The molecule has 0 unspecified atom stereocenters. The third kappa shape index (κ3) is 5.08. The molecular weight excluding hydrogens is 260 g/mol. The summed E-state index contributed by atoms with van der Waals surface area (Å²) >= 11 is 1.17. The summed E-state index contributed by atoms with van der Waals surface area (Å²) in [5, 5.41) is 0. The Morgan fingerprint density at radius 3 is 2.35 bits per heavy atom. The van der Waals surface area contributed by atoms with Crippen molar-refractivity contribution in [3.8, 4) is 0 Å². The van der Waals surface area contributed by atoms with Crippen LogP contribution in [0, 0.1) is 5.82 Å². The van der Waals surface area contributed by atoms with Crippen LogP contribution in [0.2, 0.25) is 0 Å². The molecule has 0 aliphatic rings. The Morgan fingerprint density at radius 2 is 1.82 bits per heavy atom. The van der Waals surface area contributed by atoms with Crippen molar-refractivity contribution in [1.82, 2.24) is 0 Å². The Labute approximate surface area is 99.0 Å². The number of rotatable bonds is 4. The van der Waals surface area contributed by atoms with E-state index in [2.05, 4.69) is 4.74 Å². The van der Waals surface area contributed by atoms with E-state index in [4.69, 9.17) is 0 Å². The van der Waals surface area contributed by atoms with Gasteiger partial charge in [-0.2, -0.15) is 13.2 Å². The van der Waals surface area contributed by atoms with Crippen LogP contribution in [0.4, 0.5) is 17.6 Å². The number of benzene rings is 1. The van der Waals surface area contributed by atoms with Crippen LogP contribution in [-0.4, -0.2) is 24.5 Å². The molecule has 0 aliphatic heterocycles. The number of halogens is 4. The predicted octanol–water partition coefficient (Wildman–Crippen LogP) is 3.02. The number of carbonyl (C=O) groups is 1. The molecule has 0 spiro atoms. The molecule has 1 aromatic carbocycles. The lowest BCUT2D eigenvalue weighted by atomic mass is 10.4. The first kappa shape index (κ1) is 13.8. The molecule has 0 amide bonds. The van der Waals surface area contributed by atoms with Crippen LogP contribution in [0.15, 0.2) is 29.2 Å². The number of thioether (sulfide) groups is 1. The summed E-state index contributed by atoms with van der Waals surface area (Å²) in [4.78, 5) is 11.0. The Morgan fingerprint density at radius 1 is 1.24 bits per heavy atom. The number of ether oxygens (including phenoxy) is 1. The van der Waals surface area contributed by atoms with Gasteiger partial charge in [0, 0.05) is 10.6 Å². The molecule has 0 fully saturated rings. The molecule has 17 heavy (non-hydrogen) atoms. The monoisotopic (exact) mass is 268 g/mol. The normalized spacial score (nSPS) is 11.3. The van der Waals surface area contributed by atoms with Gasteiger partial charge in [-0.25, -0.2) is 9.18 Å². The lowest BCUT2D eigenvalue weighted by Gasteiger charge is -2.06. The fraction of sp³-hybridized carbons (Fsp3) is 0.300. The fourth-order valence-electron chi connectivity index (χ4n) is 0.907. The van der Waals surface area contributed by atoms with E-state index in [-0.39, 0.29) is 12.4 Å². The number of alkyl halides is 3. The van der Waals surface area contributed by atoms with Crippen molar-refractivity contribution in [2.75, 3.05) is 12.4 Å². The topological polar surface area (TPSA) is 26.3 Å². The summed E-state index contributed by atoms with van der Waals surface area (Å²) in [5.41, 5.74) is 0. The van der Waals surface area contributed by atoms with E-state index in [0.717, 1.165) is 0 Å². The number of hydrogen-bond acceptors (Lipinski definition) is 3. The summed E-state index contributed by atoms with van der Waals surface area (Å²) in [5.74, 6) is -2.41. The maximum absolute atomic E-state index is 12.5. The van der Waals surface area contributed by atoms with Crippen molar-refractivity contribution < 1.29 is 27.1 Å². The summed E-state index contributed by atoms with van der Waals surface area (Å²) in [6.45, 7) is -0.347. The maximum Gasteiger partial charge on any atom is 0.490 e. The van der Waals surface area contributed by atoms with E-state index in [1.165, 1.54) is 36.0 Å². The van der Waals surface area contributed by atoms with Gasteiger partial charge in [0.25, 0.3) is 0 Å². The number of esters is 1. The highest BCUT2D eigenvalue weighted by atomic mass is 32.2. The van der Waals surface area contributed by atoms with E-state index in [0.29, 0.717) is 4.90 Å². The molecule has 0 bridgehead atoms. The van der Waals surface area contributed by atoms with Crippen LogP contribution in [0.3, 0.4) is 0 Å². The van der Waals surface area contributed by atoms with Crippen LogP contribution in [0.1, 0.15) is 0 Å². The zero-order valence-electron chi connectivity index (χ0n) is 8.46. The highest BCUT2D eigenvalue weighted by Gasteiger charge is 2.40. The average Bonchev–Trinajstić information content (AvgIpc) is 2.25. The summed E-state index contributed by atoms with van der Waals surface area (Å²) in [7, 11) is 0. The molecule has 0 radical (unpaired) electrons. The van der Waals surface area contributed by atoms with Gasteiger partial charge in [0.05, 0.1) is 0 Å². The van der Waals surface area contributed by atoms with Crippen molar-refractivity contribution in [1.29, 1.82) is 0 Å². The van der Waals surface area contributed by atoms with Crippen molar-refractivity contribution in [3.63, 3.8) is 0 Å². The largest absolute Gasteiger partial charge is 0.490 e. The third-order valence-corrected chi connectivity index (χ3v) is 2.61. The van der Waals surface area contributed by atoms with E-state index in [1.807, 2.05) is 0 Å². The van der Waals surface area contributed by atoms with Crippen LogP contribution >= 0.6 is 11.8 Å². The molecule has 0 atom stereocenters. The minimum absolute atomic E-state index is 0.174. The molecule has 7 heteroatoms. The summed E-state index contributed by atoms with van der Waals surface area (Å²) in [6, 6.07) is 5.46. The van der Waals surface area contributed by atoms with Gasteiger partial charge < -0.3 is 4.74 Å². The molecule has 94 valence electrons. The van der Waals surface area contributed by atoms with Crippen LogP contribution in [0.25, 0.3) is 0 Å². The molecule has 0 saturated heterocycles. The molecule has 0 aliphatic carbocycles. The Balaban J connectivity index is 2.25. The molecular formula is C10H8F4O2S. The van der Waals surface area contributed by atoms with Gasteiger partial charge >= 0.3 is 12.1 Å². The smallest absolute Gasteiger partial charge is 0.458 e. The fourth-order valence-corrected chi connectivity index (χ4v) is 1.64. The number of hydrogen-bond donors (Lipinski definition) is 0. The summed E-state index contributed by atoms with van der Waals surface area (Å²) in [6.07, 6.45) is -4.96. The first-order valence-electron chi connectivity index (χ1n) is 4.52. The second-order valence-electron chi connectivity index (χ2n) is 2.94. The van der Waals surface area contributed by atoms with E-state index in [1.54, 1.807) is 0 Å². The molecule has 1 rings (SSSR count). The zero-order valence-corrected chi connectivity index (χ0v) is 9.28. The van der Waals surface area contributed by atoms with Crippen molar-refractivity contribution >= 4 is 17.7 Å². The predicted molar refractivity (Wildman–Crippen MR) is 54.1 cm³/mol. The summed E-state index contributed by atoms with van der Waals surface area (Å²) < 4.78 is 51.7. The second kappa shape index (κ2) is 5.90. The van der Waals surface area contributed by atoms with Gasteiger partial charge in [-0.1, -0.05) is 0 Å². The number of carbonyl (C=O) groups excluding carboxylic acids is 1. The SMILES string of the molecule is O=C(OCCSc1ccc(F)cc1)C(F)(F)F. The van der Waals surface area contributed by atoms with E-state index in [9.17, 15) is 22.4 Å². The van der Waals surface area contributed by atoms with Gasteiger partial charge in [0.15, 0.2) is 0 Å². The minimum atomic E-state index is -4.96. The highest BCUT2D eigenvalue weighted by molar-refractivity contribution is 7.99. The van der Waals surface area contributed by atoms with Crippen LogP contribution in [0.5, 0.6) is 0 Å². The van der Waals surface area contributed by atoms with E-state index < -0.39 is 18.0 Å². The zero-order chi connectivity index (χ0) is 12.9. The minimum Gasteiger partial charge on any atom is -0.458 e. The standard InChI is InChI=1S/C10H8F4O2S/c11-7-1-3-8(4-2-7)17-6-5-16-9(15)10(12,13)14/h1-4H,5-6H2. The molecule has 0 saturated carbocycles. The van der Waals surface area contributed by atoms with Crippen molar-refractivity contribution in [3.05, 3.63) is 30.1 Å². The van der Waals surface area contributed by atoms with Crippen LogP contribution < -0.4 is 0 Å². The molecule has 0 N–H and O–H groups in total. The maximum atomic E-state index is 12.5. The van der Waals surface area contributed by atoms with Gasteiger partial charge in [0.2, 0.25) is 0 Å². The first-order chi connectivity index (χ1) is 7.89. The van der Waals surface area contributed by atoms with Crippen molar-refractivity contribution in [2.24, 2.45) is 0 Å².